The van der Waals surface area contributed by atoms with Crippen molar-refractivity contribution in [2.45, 2.75) is 25.9 Å². The van der Waals surface area contributed by atoms with Gasteiger partial charge in [-0.1, -0.05) is 29.5 Å². The minimum absolute atomic E-state index is 0.102. The highest BCUT2D eigenvalue weighted by molar-refractivity contribution is 7.99. The second-order valence-corrected chi connectivity index (χ2v) is 7.88. The van der Waals surface area contributed by atoms with Gasteiger partial charge in [0.25, 0.3) is 0 Å². The summed E-state index contributed by atoms with van der Waals surface area (Å²) in [5.74, 6) is 0.848. The fraction of sp³-hybridized carbons (Fsp3) is 0.238. The maximum absolute atomic E-state index is 12.4. The van der Waals surface area contributed by atoms with Crippen LogP contribution in [0.15, 0.2) is 35.5 Å². The molecule has 0 unspecified atom stereocenters. The molecule has 4 aromatic rings. The lowest BCUT2D eigenvalue weighted by atomic mass is 10.1. The van der Waals surface area contributed by atoms with Crippen LogP contribution in [0.4, 0.5) is 5.69 Å². The summed E-state index contributed by atoms with van der Waals surface area (Å²) in [6.07, 6.45) is 0. The van der Waals surface area contributed by atoms with Gasteiger partial charge in [-0.05, 0) is 50.1 Å². The lowest BCUT2D eigenvalue weighted by Crippen LogP contribution is -2.16. The maximum Gasteiger partial charge on any atom is 0.234 e. The van der Waals surface area contributed by atoms with E-state index in [4.69, 9.17) is 4.74 Å². The molecule has 7 nitrogen and oxygen atoms in total. The molecular weight excluding hydrogens is 386 g/mol. The van der Waals surface area contributed by atoms with Crippen molar-refractivity contribution in [1.29, 1.82) is 0 Å². The number of methoxy groups -OCH3 is 1. The molecule has 0 aliphatic rings. The van der Waals surface area contributed by atoms with Crippen LogP contribution in [0, 0.1) is 20.8 Å². The number of aryl methyl sites for hydroxylation is 3. The third kappa shape index (κ3) is 3.88. The van der Waals surface area contributed by atoms with E-state index >= 15 is 0 Å². The molecular formula is C21H21N5O2S. The van der Waals surface area contributed by atoms with E-state index in [2.05, 4.69) is 37.6 Å². The highest BCUT2D eigenvalue weighted by Crippen LogP contribution is 2.27. The van der Waals surface area contributed by atoms with Gasteiger partial charge >= 0.3 is 0 Å². The van der Waals surface area contributed by atoms with E-state index in [1.54, 1.807) is 7.11 Å². The van der Waals surface area contributed by atoms with Crippen LogP contribution in [0.2, 0.25) is 0 Å². The molecule has 1 amide bonds. The third-order valence-corrected chi connectivity index (χ3v) is 5.51. The molecule has 0 saturated heterocycles. The molecule has 29 heavy (non-hydrogen) atoms. The minimum Gasteiger partial charge on any atom is -0.497 e. The molecule has 2 N–H and O–H groups in total. The molecule has 4 rings (SSSR count). The van der Waals surface area contributed by atoms with Gasteiger partial charge in [0, 0.05) is 16.6 Å². The standard InChI is InChI=1S/C21H21N5O2S/c1-11-7-12(2)18(13(3)8-11)23-17(27)10-29-21-24-20-19(25-26-21)15-9-14(28-4)5-6-16(15)22-20/h5-9H,10H2,1-4H3,(H,23,27)(H,22,24,26). The SMILES string of the molecule is COc1ccc2[nH]c3nc(SCC(=O)Nc4c(C)cc(C)cc4C)nnc3c2c1. The number of carbonyl (C=O) groups is 1. The van der Waals surface area contributed by atoms with Crippen molar-refractivity contribution in [3.63, 3.8) is 0 Å². The van der Waals surface area contributed by atoms with Crippen LogP contribution in [0.25, 0.3) is 22.1 Å². The van der Waals surface area contributed by atoms with Crippen molar-refractivity contribution in [1.82, 2.24) is 20.2 Å². The molecule has 0 bridgehead atoms. The summed E-state index contributed by atoms with van der Waals surface area (Å²) in [6, 6.07) is 9.81. The van der Waals surface area contributed by atoms with Crippen molar-refractivity contribution in [2.24, 2.45) is 0 Å². The number of ether oxygens (including phenoxy) is 1. The number of aromatic amines is 1. The van der Waals surface area contributed by atoms with E-state index < -0.39 is 0 Å². The molecule has 148 valence electrons. The predicted molar refractivity (Wildman–Crippen MR) is 116 cm³/mol. The van der Waals surface area contributed by atoms with Crippen LogP contribution < -0.4 is 10.1 Å². The van der Waals surface area contributed by atoms with Gasteiger partial charge in [-0.15, -0.1) is 10.2 Å². The molecule has 0 spiro atoms. The first kappa shape index (κ1) is 19.2. The van der Waals surface area contributed by atoms with Gasteiger partial charge in [-0.3, -0.25) is 4.79 Å². The van der Waals surface area contributed by atoms with Gasteiger partial charge in [0.05, 0.1) is 12.9 Å². The quantitative estimate of drug-likeness (QED) is 0.482. The number of H-pyrrole nitrogens is 1. The van der Waals surface area contributed by atoms with E-state index in [9.17, 15) is 4.79 Å². The van der Waals surface area contributed by atoms with E-state index in [0.29, 0.717) is 16.3 Å². The Kier molecular flexibility index (Phi) is 5.10. The maximum atomic E-state index is 12.4. The van der Waals surface area contributed by atoms with E-state index in [1.807, 2.05) is 39.0 Å². The number of nitrogens with one attached hydrogen (secondary N) is 2. The molecule has 8 heteroatoms. The van der Waals surface area contributed by atoms with Gasteiger partial charge in [0.2, 0.25) is 11.1 Å². The fourth-order valence-corrected chi connectivity index (χ4v) is 3.99. The number of benzene rings is 2. The number of anilines is 1. The fourth-order valence-electron chi connectivity index (χ4n) is 3.41. The number of nitrogens with zero attached hydrogens (tertiary/aromatic N) is 3. The van der Waals surface area contributed by atoms with Crippen LogP contribution >= 0.6 is 11.8 Å². The van der Waals surface area contributed by atoms with Crippen molar-refractivity contribution >= 4 is 45.4 Å². The summed E-state index contributed by atoms with van der Waals surface area (Å²) in [4.78, 5) is 20.2. The third-order valence-electron chi connectivity index (χ3n) is 4.68. The van der Waals surface area contributed by atoms with Gasteiger partial charge in [-0.25, -0.2) is 4.98 Å². The average molecular weight is 407 g/mol. The summed E-state index contributed by atoms with van der Waals surface area (Å²) in [6.45, 7) is 6.03. The monoisotopic (exact) mass is 407 g/mol. The Labute approximate surface area is 172 Å². The van der Waals surface area contributed by atoms with Gasteiger partial charge in [0.1, 0.15) is 11.3 Å². The largest absolute Gasteiger partial charge is 0.497 e. The number of carbonyl (C=O) groups excluding carboxylic acids is 1. The van der Waals surface area contributed by atoms with Crippen molar-refractivity contribution in [3.05, 3.63) is 47.0 Å². The van der Waals surface area contributed by atoms with Crippen LogP contribution in [-0.2, 0) is 4.79 Å². The number of fused-ring (bicyclic) bond motifs is 3. The molecule has 2 aromatic carbocycles. The number of aromatic nitrogens is 4. The highest BCUT2D eigenvalue weighted by atomic mass is 32.2. The Hall–Kier alpha value is -3.13. The van der Waals surface area contributed by atoms with Crippen LogP contribution in [0.5, 0.6) is 5.75 Å². The Balaban J connectivity index is 1.49. The highest BCUT2D eigenvalue weighted by Gasteiger charge is 2.13. The number of hydrogen-bond donors (Lipinski definition) is 2. The summed E-state index contributed by atoms with van der Waals surface area (Å²) in [5, 5.41) is 12.8. The first-order valence-electron chi connectivity index (χ1n) is 9.15. The predicted octanol–water partition coefficient (Wildman–Crippen LogP) is 4.17. The van der Waals surface area contributed by atoms with Gasteiger partial charge in [0.15, 0.2) is 5.65 Å². The van der Waals surface area contributed by atoms with Crippen LogP contribution in [0.3, 0.4) is 0 Å². The molecule has 0 aliphatic heterocycles. The zero-order valence-electron chi connectivity index (χ0n) is 16.7. The topological polar surface area (TPSA) is 92.8 Å². The number of amides is 1. The second kappa shape index (κ2) is 7.71. The summed E-state index contributed by atoms with van der Waals surface area (Å²) >= 11 is 1.25. The Morgan fingerprint density at radius 2 is 1.90 bits per heavy atom. The smallest absolute Gasteiger partial charge is 0.234 e. The van der Waals surface area contributed by atoms with Crippen molar-refractivity contribution in [2.75, 3.05) is 18.2 Å². The number of hydrogen-bond acceptors (Lipinski definition) is 6. The van der Waals surface area contributed by atoms with E-state index in [1.165, 1.54) is 17.3 Å². The Bertz CT molecular complexity index is 1210. The number of rotatable bonds is 5. The van der Waals surface area contributed by atoms with Crippen LogP contribution in [-0.4, -0.2) is 38.9 Å². The van der Waals surface area contributed by atoms with Crippen molar-refractivity contribution < 1.29 is 9.53 Å². The Morgan fingerprint density at radius 3 is 2.62 bits per heavy atom. The molecule has 0 atom stereocenters. The lowest BCUT2D eigenvalue weighted by Gasteiger charge is -2.12. The molecule has 2 heterocycles. The summed E-state index contributed by atoms with van der Waals surface area (Å²) < 4.78 is 5.27. The lowest BCUT2D eigenvalue weighted by molar-refractivity contribution is -0.113. The Morgan fingerprint density at radius 1 is 1.14 bits per heavy atom. The molecule has 0 radical (unpaired) electrons. The first-order valence-corrected chi connectivity index (χ1v) is 10.1. The second-order valence-electron chi connectivity index (χ2n) is 6.94. The first-order chi connectivity index (χ1) is 13.9. The van der Waals surface area contributed by atoms with E-state index in [-0.39, 0.29) is 11.7 Å². The molecule has 0 aliphatic carbocycles. The van der Waals surface area contributed by atoms with Gasteiger partial charge in [-0.2, -0.15) is 0 Å². The minimum atomic E-state index is -0.102. The molecule has 2 aromatic heterocycles. The summed E-state index contributed by atoms with van der Waals surface area (Å²) in [7, 11) is 1.62. The van der Waals surface area contributed by atoms with Crippen LogP contribution in [0.1, 0.15) is 16.7 Å². The van der Waals surface area contributed by atoms with E-state index in [0.717, 1.165) is 33.5 Å². The zero-order chi connectivity index (χ0) is 20.5. The normalized spacial score (nSPS) is 11.2. The zero-order valence-corrected chi connectivity index (χ0v) is 17.5. The van der Waals surface area contributed by atoms with Crippen molar-refractivity contribution in [3.8, 4) is 5.75 Å². The molecule has 0 saturated carbocycles. The molecule has 0 fully saturated rings. The average Bonchev–Trinajstić information content (AvgIpc) is 3.06. The summed E-state index contributed by atoms with van der Waals surface area (Å²) in [5.41, 5.74) is 6.36. The number of thioether (sulfide) groups is 1. The van der Waals surface area contributed by atoms with Gasteiger partial charge < -0.3 is 15.0 Å².